The van der Waals surface area contributed by atoms with Crippen LogP contribution in [-0.2, 0) is 9.59 Å². The number of nitrogens with one attached hydrogen (secondary N) is 2. The van der Waals surface area contributed by atoms with Gasteiger partial charge in [-0.3, -0.25) is 14.9 Å². The van der Waals surface area contributed by atoms with Crippen LogP contribution in [0.5, 0.6) is 0 Å². The summed E-state index contributed by atoms with van der Waals surface area (Å²) in [6.07, 6.45) is 5.89. The maximum absolute atomic E-state index is 12.4. The summed E-state index contributed by atoms with van der Waals surface area (Å²) in [5.74, 6) is -0.460. The highest BCUT2D eigenvalue weighted by atomic mass is 16.2. The minimum atomic E-state index is -0.514. The molecule has 9 nitrogen and oxygen atoms in total. The predicted octanol–water partition coefficient (Wildman–Crippen LogP) is 0.115. The number of rotatable bonds is 3. The van der Waals surface area contributed by atoms with E-state index in [-0.39, 0.29) is 43.4 Å². The summed E-state index contributed by atoms with van der Waals surface area (Å²) in [5, 5.41) is 5.31. The SMILES string of the molecule is O=C1CCN(CC(=O)N2CCN(C(=O)NC3CCCCC3)CC2)C(=O)N1. The first-order valence-electron chi connectivity index (χ1n) is 9.45. The van der Waals surface area contributed by atoms with E-state index in [0.717, 1.165) is 12.8 Å². The van der Waals surface area contributed by atoms with Gasteiger partial charge >= 0.3 is 12.1 Å². The molecule has 3 rings (SSSR count). The quantitative estimate of drug-likeness (QED) is 0.741. The molecule has 0 radical (unpaired) electrons. The molecule has 3 fully saturated rings. The number of nitrogens with zero attached hydrogens (tertiary/aromatic N) is 3. The average molecular weight is 365 g/mol. The molecule has 2 heterocycles. The topological polar surface area (TPSA) is 102 Å². The van der Waals surface area contributed by atoms with Gasteiger partial charge in [-0.1, -0.05) is 19.3 Å². The maximum atomic E-state index is 12.4. The van der Waals surface area contributed by atoms with Gasteiger partial charge in [-0.25, -0.2) is 9.59 Å². The van der Waals surface area contributed by atoms with Gasteiger partial charge in [-0.2, -0.15) is 0 Å². The first kappa shape index (κ1) is 18.5. The molecule has 6 amide bonds. The van der Waals surface area contributed by atoms with E-state index in [1.54, 1.807) is 9.80 Å². The molecule has 0 spiro atoms. The molecule has 2 N–H and O–H groups in total. The van der Waals surface area contributed by atoms with Gasteiger partial charge in [0.15, 0.2) is 0 Å². The minimum Gasteiger partial charge on any atom is -0.338 e. The van der Waals surface area contributed by atoms with E-state index in [9.17, 15) is 19.2 Å². The molecule has 0 bridgehead atoms. The Bertz CT molecular complexity index is 568. The van der Waals surface area contributed by atoms with Crippen LogP contribution in [0.25, 0.3) is 0 Å². The van der Waals surface area contributed by atoms with E-state index in [4.69, 9.17) is 0 Å². The molecule has 2 saturated heterocycles. The fourth-order valence-corrected chi connectivity index (χ4v) is 3.68. The summed E-state index contributed by atoms with van der Waals surface area (Å²) in [6, 6.07) is -0.283. The molecule has 1 aliphatic carbocycles. The lowest BCUT2D eigenvalue weighted by atomic mass is 9.96. The molecule has 3 aliphatic rings. The van der Waals surface area contributed by atoms with Crippen molar-refractivity contribution < 1.29 is 19.2 Å². The fraction of sp³-hybridized carbons (Fsp3) is 0.765. The number of piperazine rings is 1. The van der Waals surface area contributed by atoms with Crippen molar-refractivity contribution in [3.8, 4) is 0 Å². The van der Waals surface area contributed by atoms with Crippen LogP contribution in [0.15, 0.2) is 0 Å². The van der Waals surface area contributed by atoms with Crippen LogP contribution in [0.2, 0.25) is 0 Å². The smallest absolute Gasteiger partial charge is 0.324 e. The summed E-state index contributed by atoms with van der Waals surface area (Å²) in [4.78, 5) is 52.4. The van der Waals surface area contributed by atoms with E-state index in [1.807, 2.05) is 0 Å². The molecule has 0 unspecified atom stereocenters. The normalized spacial score (nSPS) is 22.2. The lowest BCUT2D eigenvalue weighted by Gasteiger charge is -2.37. The molecule has 0 aromatic heterocycles. The number of carbonyl (C=O) groups excluding carboxylic acids is 4. The van der Waals surface area contributed by atoms with Gasteiger partial charge in [-0.05, 0) is 12.8 Å². The van der Waals surface area contributed by atoms with Crippen molar-refractivity contribution in [2.75, 3.05) is 39.3 Å². The first-order valence-corrected chi connectivity index (χ1v) is 9.45. The third-order valence-corrected chi connectivity index (χ3v) is 5.32. The number of hydrogen-bond acceptors (Lipinski definition) is 4. The molecule has 1 saturated carbocycles. The van der Waals surface area contributed by atoms with Crippen LogP contribution in [0.3, 0.4) is 0 Å². The number of carbonyl (C=O) groups is 4. The van der Waals surface area contributed by atoms with Crippen LogP contribution in [0, 0.1) is 0 Å². The lowest BCUT2D eigenvalue weighted by Crippen LogP contribution is -2.57. The Balaban J connectivity index is 1.41. The van der Waals surface area contributed by atoms with Crippen LogP contribution < -0.4 is 10.6 Å². The van der Waals surface area contributed by atoms with Gasteiger partial charge in [0, 0.05) is 45.2 Å². The molecular formula is C17H27N5O4. The van der Waals surface area contributed by atoms with Gasteiger partial charge in [-0.15, -0.1) is 0 Å². The highest BCUT2D eigenvalue weighted by molar-refractivity contribution is 5.98. The zero-order chi connectivity index (χ0) is 18.5. The largest absolute Gasteiger partial charge is 0.338 e. The van der Waals surface area contributed by atoms with Crippen molar-refractivity contribution in [1.29, 1.82) is 0 Å². The van der Waals surface area contributed by atoms with E-state index in [2.05, 4.69) is 10.6 Å². The number of urea groups is 2. The van der Waals surface area contributed by atoms with Crippen molar-refractivity contribution in [3.63, 3.8) is 0 Å². The highest BCUT2D eigenvalue weighted by Crippen LogP contribution is 2.17. The second-order valence-corrected chi connectivity index (χ2v) is 7.18. The Morgan fingerprint density at radius 2 is 1.62 bits per heavy atom. The molecular weight excluding hydrogens is 338 g/mol. The standard InChI is InChI=1S/C17H27N5O4/c23-14-6-7-22(17(26)19-14)12-15(24)20-8-10-21(11-9-20)16(25)18-13-4-2-1-3-5-13/h13H,1-12H2,(H,18,25)(H,19,23,26). The van der Waals surface area contributed by atoms with E-state index in [0.29, 0.717) is 26.2 Å². The Hall–Kier alpha value is -2.32. The number of amides is 6. The van der Waals surface area contributed by atoms with Crippen molar-refractivity contribution >= 4 is 23.9 Å². The van der Waals surface area contributed by atoms with Crippen molar-refractivity contribution in [2.45, 2.75) is 44.6 Å². The van der Waals surface area contributed by atoms with Crippen molar-refractivity contribution in [2.24, 2.45) is 0 Å². The molecule has 26 heavy (non-hydrogen) atoms. The van der Waals surface area contributed by atoms with Gasteiger partial charge in [0.25, 0.3) is 0 Å². The minimum absolute atomic E-state index is 0.0343. The summed E-state index contributed by atoms with van der Waals surface area (Å²) in [5.41, 5.74) is 0. The van der Waals surface area contributed by atoms with Crippen molar-refractivity contribution in [3.05, 3.63) is 0 Å². The first-order chi connectivity index (χ1) is 12.5. The predicted molar refractivity (Wildman–Crippen MR) is 93.3 cm³/mol. The summed E-state index contributed by atoms with van der Waals surface area (Å²) >= 11 is 0. The monoisotopic (exact) mass is 365 g/mol. The molecule has 9 heteroatoms. The zero-order valence-electron chi connectivity index (χ0n) is 15.0. The zero-order valence-corrected chi connectivity index (χ0v) is 15.0. The third kappa shape index (κ3) is 4.64. The molecule has 2 aliphatic heterocycles. The number of imide groups is 1. The van der Waals surface area contributed by atoms with Crippen LogP contribution in [0.1, 0.15) is 38.5 Å². The highest BCUT2D eigenvalue weighted by Gasteiger charge is 2.29. The van der Waals surface area contributed by atoms with Crippen LogP contribution in [-0.4, -0.2) is 83.9 Å². The van der Waals surface area contributed by atoms with Gasteiger partial charge in [0.2, 0.25) is 11.8 Å². The van der Waals surface area contributed by atoms with E-state index >= 15 is 0 Å². The Labute approximate surface area is 153 Å². The van der Waals surface area contributed by atoms with Gasteiger partial charge < -0.3 is 20.0 Å². The van der Waals surface area contributed by atoms with E-state index in [1.165, 1.54) is 24.2 Å². The molecule has 0 atom stereocenters. The summed E-state index contributed by atoms with van der Waals surface area (Å²) < 4.78 is 0. The number of hydrogen-bond donors (Lipinski definition) is 2. The average Bonchev–Trinajstić information content (AvgIpc) is 2.65. The molecule has 144 valence electrons. The molecule has 0 aromatic carbocycles. The van der Waals surface area contributed by atoms with Crippen molar-refractivity contribution in [1.82, 2.24) is 25.3 Å². The van der Waals surface area contributed by atoms with Gasteiger partial charge in [0.1, 0.15) is 6.54 Å². The van der Waals surface area contributed by atoms with Crippen LogP contribution >= 0.6 is 0 Å². The summed E-state index contributed by atoms with van der Waals surface area (Å²) in [6.45, 7) is 2.15. The van der Waals surface area contributed by atoms with E-state index < -0.39 is 6.03 Å². The Kier molecular flexibility index (Phi) is 5.95. The second kappa shape index (κ2) is 8.37. The maximum Gasteiger partial charge on any atom is 0.324 e. The van der Waals surface area contributed by atoms with Gasteiger partial charge in [0.05, 0.1) is 0 Å². The summed E-state index contributed by atoms with van der Waals surface area (Å²) in [7, 11) is 0. The second-order valence-electron chi connectivity index (χ2n) is 7.18. The lowest BCUT2D eigenvalue weighted by molar-refractivity contribution is -0.134. The third-order valence-electron chi connectivity index (χ3n) is 5.32. The van der Waals surface area contributed by atoms with Crippen LogP contribution in [0.4, 0.5) is 9.59 Å². The Morgan fingerprint density at radius 1 is 0.962 bits per heavy atom. The molecule has 0 aromatic rings. The fourth-order valence-electron chi connectivity index (χ4n) is 3.68. The Morgan fingerprint density at radius 3 is 2.27 bits per heavy atom.